The standard InChI is InChI=1S/C10H13N3O4S2/c1-18-10-12-4-2-11-19-9(4)13(10)8-7(16)6(15)5(3-14)17-8/h2,5-8,14-16H,3H2,1H3/t5-,6-,7+,8-/m1/s1. The zero-order valence-corrected chi connectivity index (χ0v) is 11.6. The third-order valence-electron chi connectivity index (χ3n) is 3.13. The average molecular weight is 303 g/mol. The quantitative estimate of drug-likeness (QED) is 0.677. The number of aliphatic hydroxyl groups excluding tert-OH is 3. The van der Waals surface area contributed by atoms with E-state index in [0.717, 1.165) is 10.3 Å². The number of hydrogen-bond acceptors (Lipinski definition) is 8. The van der Waals surface area contributed by atoms with Crippen molar-refractivity contribution in [2.75, 3.05) is 12.9 Å². The molecular weight excluding hydrogens is 290 g/mol. The van der Waals surface area contributed by atoms with E-state index in [9.17, 15) is 10.2 Å². The second-order valence-corrected chi connectivity index (χ2v) is 5.77. The Kier molecular flexibility index (Phi) is 3.50. The SMILES string of the molecule is CSc1nc2cnsc2n1[C@@H]1O[C@H](CO)[C@@H](O)[C@@H]1O. The van der Waals surface area contributed by atoms with Crippen LogP contribution in [0.4, 0.5) is 0 Å². The fourth-order valence-corrected chi connectivity index (χ4v) is 3.54. The van der Waals surface area contributed by atoms with E-state index in [4.69, 9.17) is 9.84 Å². The Bertz CT molecular complexity index is 586. The molecule has 0 radical (unpaired) electrons. The number of hydrogen-bond donors (Lipinski definition) is 3. The van der Waals surface area contributed by atoms with Gasteiger partial charge in [-0.05, 0) is 17.8 Å². The molecule has 0 bridgehead atoms. The first-order valence-electron chi connectivity index (χ1n) is 5.66. The molecule has 1 saturated heterocycles. The van der Waals surface area contributed by atoms with Crippen LogP contribution in [0.3, 0.4) is 0 Å². The summed E-state index contributed by atoms with van der Waals surface area (Å²) in [7, 11) is 0. The van der Waals surface area contributed by atoms with E-state index in [0.29, 0.717) is 5.16 Å². The van der Waals surface area contributed by atoms with Gasteiger partial charge in [-0.1, -0.05) is 11.8 Å². The highest BCUT2D eigenvalue weighted by Crippen LogP contribution is 2.36. The lowest BCUT2D eigenvalue weighted by atomic mass is 10.1. The lowest BCUT2D eigenvalue weighted by Gasteiger charge is -2.18. The van der Waals surface area contributed by atoms with Gasteiger partial charge in [0.1, 0.15) is 28.7 Å². The fraction of sp³-hybridized carbons (Fsp3) is 0.600. The second kappa shape index (κ2) is 5.00. The number of fused-ring (bicyclic) bond motifs is 1. The molecule has 2 aromatic rings. The Morgan fingerprint density at radius 2 is 2.26 bits per heavy atom. The lowest BCUT2D eigenvalue weighted by Crippen LogP contribution is -2.33. The van der Waals surface area contributed by atoms with Gasteiger partial charge in [0.15, 0.2) is 11.4 Å². The molecule has 3 heterocycles. The summed E-state index contributed by atoms with van der Waals surface area (Å²) in [6.45, 7) is -0.343. The highest BCUT2D eigenvalue weighted by molar-refractivity contribution is 7.98. The Hall–Kier alpha value is -0.710. The average Bonchev–Trinajstić information content (AvgIpc) is 3.05. The molecule has 1 fully saturated rings. The molecular formula is C10H13N3O4S2. The van der Waals surface area contributed by atoms with Crippen LogP contribution in [-0.2, 0) is 4.74 Å². The topological polar surface area (TPSA) is 101 Å². The highest BCUT2D eigenvalue weighted by atomic mass is 32.2. The summed E-state index contributed by atoms with van der Waals surface area (Å²) >= 11 is 2.67. The number of aromatic nitrogens is 3. The highest BCUT2D eigenvalue weighted by Gasteiger charge is 2.44. The van der Waals surface area contributed by atoms with Crippen LogP contribution >= 0.6 is 23.3 Å². The largest absolute Gasteiger partial charge is 0.394 e. The summed E-state index contributed by atoms with van der Waals surface area (Å²) in [4.78, 5) is 5.16. The van der Waals surface area contributed by atoms with Crippen molar-refractivity contribution in [1.29, 1.82) is 0 Å². The maximum atomic E-state index is 10.1. The molecule has 104 valence electrons. The van der Waals surface area contributed by atoms with E-state index in [-0.39, 0.29) is 6.61 Å². The number of nitrogens with zero attached hydrogens (tertiary/aromatic N) is 3. The maximum Gasteiger partial charge on any atom is 0.171 e. The summed E-state index contributed by atoms with van der Waals surface area (Å²) < 4.78 is 11.3. The van der Waals surface area contributed by atoms with Gasteiger partial charge in [-0.3, -0.25) is 4.57 Å². The predicted molar refractivity (Wildman–Crippen MR) is 70.2 cm³/mol. The van der Waals surface area contributed by atoms with E-state index in [1.165, 1.54) is 23.3 Å². The first-order valence-corrected chi connectivity index (χ1v) is 7.66. The van der Waals surface area contributed by atoms with Gasteiger partial charge in [-0.15, -0.1) is 0 Å². The molecule has 0 aliphatic carbocycles. The van der Waals surface area contributed by atoms with Crippen molar-refractivity contribution in [2.24, 2.45) is 0 Å². The van der Waals surface area contributed by atoms with Crippen molar-refractivity contribution in [3.8, 4) is 0 Å². The van der Waals surface area contributed by atoms with Crippen molar-refractivity contribution in [3.05, 3.63) is 6.20 Å². The van der Waals surface area contributed by atoms with Crippen LogP contribution in [0.5, 0.6) is 0 Å². The maximum absolute atomic E-state index is 10.1. The summed E-state index contributed by atoms with van der Waals surface area (Å²) in [5.74, 6) is 0. The van der Waals surface area contributed by atoms with Gasteiger partial charge in [0.05, 0.1) is 12.8 Å². The molecule has 0 saturated carbocycles. The molecule has 3 rings (SSSR count). The molecule has 3 N–H and O–H groups in total. The smallest absolute Gasteiger partial charge is 0.171 e. The summed E-state index contributed by atoms with van der Waals surface area (Å²) in [6, 6.07) is 0. The second-order valence-electron chi connectivity index (χ2n) is 4.21. The van der Waals surface area contributed by atoms with Crippen molar-refractivity contribution < 1.29 is 20.1 Å². The Balaban J connectivity index is 2.06. The van der Waals surface area contributed by atoms with Gasteiger partial charge in [0.25, 0.3) is 0 Å². The van der Waals surface area contributed by atoms with E-state index in [1.807, 2.05) is 6.26 Å². The zero-order valence-electron chi connectivity index (χ0n) is 10.0. The van der Waals surface area contributed by atoms with E-state index in [2.05, 4.69) is 9.36 Å². The van der Waals surface area contributed by atoms with Gasteiger partial charge < -0.3 is 20.1 Å². The summed E-state index contributed by atoms with van der Waals surface area (Å²) in [5.41, 5.74) is 0.729. The van der Waals surface area contributed by atoms with Crippen LogP contribution in [0.1, 0.15) is 6.23 Å². The van der Waals surface area contributed by atoms with E-state index >= 15 is 0 Å². The van der Waals surface area contributed by atoms with Crippen molar-refractivity contribution >= 4 is 33.6 Å². The molecule has 9 heteroatoms. The Morgan fingerprint density at radius 1 is 1.47 bits per heavy atom. The summed E-state index contributed by atoms with van der Waals surface area (Å²) in [5, 5.41) is 29.7. The molecule has 7 nitrogen and oxygen atoms in total. The first kappa shape index (κ1) is 13.3. The van der Waals surface area contributed by atoms with E-state index in [1.54, 1.807) is 10.8 Å². The number of aliphatic hydroxyl groups is 3. The lowest BCUT2D eigenvalue weighted by molar-refractivity contribution is -0.0543. The van der Waals surface area contributed by atoms with E-state index < -0.39 is 24.5 Å². The molecule has 0 amide bonds. The van der Waals surface area contributed by atoms with Gasteiger partial charge in [0.2, 0.25) is 0 Å². The Morgan fingerprint density at radius 3 is 2.89 bits per heavy atom. The number of imidazole rings is 1. The number of thioether (sulfide) groups is 1. The fourth-order valence-electron chi connectivity index (χ4n) is 2.18. The third-order valence-corrected chi connectivity index (χ3v) is 4.57. The van der Waals surface area contributed by atoms with Crippen LogP contribution in [0.15, 0.2) is 11.4 Å². The van der Waals surface area contributed by atoms with Gasteiger partial charge >= 0.3 is 0 Å². The van der Waals surface area contributed by atoms with Crippen LogP contribution in [0, 0.1) is 0 Å². The molecule has 0 unspecified atom stereocenters. The Labute approximate surface area is 117 Å². The van der Waals surface area contributed by atoms with Crippen molar-refractivity contribution in [1.82, 2.24) is 13.9 Å². The predicted octanol–water partition coefficient (Wildman–Crippen LogP) is -0.174. The van der Waals surface area contributed by atoms with Gasteiger partial charge in [0, 0.05) is 0 Å². The minimum atomic E-state index is -1.12. The normalized spacial score (nSPS) is 31.4. The van der Waals surface area contributed by atoms with Crippen molar-refractivity contribution in [3.63, 3.8) is 0 Å². The van der Waals surface area contributed by atoms with Crippen LogP contribution < -0.4 is 0 Å². The molecule has 0 spiro atoms. The molecule has 1 aliphatic heterocycles. The van der Waals surface area contributed by atoms with Gasteiger partial charge in [-0.25, -0.2) is 4.98 Å². The van der Waals surface area contributed by atoms with Crippen LogP contribution in [0.25, 0.3) is 10.3 Å². The molecule has 4 atom stereocenters. The summed E-state index contributed by atoms with van der Waals surface area (Å²) in [6.07, 6.45) is -0.257. The number of rotatable bonds is 3. The zero-order chi connectivity index (χ0) is 13.6. The third kappa shape index (κ3) is 1.97. The van der Waals surface area contributed by atoms with Gasteiger partial charge in [-0.2, -0.15) is 4.37 Å². The molecule has 0 aromatic carbocycles. The molecule has 1 aliphatic rings. The molecule has 2 aromatic heterocycles. The minimum absolute atomic E-state index is 0.343. The minimum Gasteiger partial charge on any atom is -0.394 e. The monoisotopic (exact) mass is 303 g/mol. The van der Waals surface area contributed by atoms with Crippen LogP contribution in [-0.4, -0.2) is 60.4 Å². The first-order chi connectivity index (χ1) is 9.17. The van der Waals surface area contributed by atoms with Crippen molar-refractivity contribution in [2.45, 2.75) is 29.7 Å². The molecule has 19 heavy (non-hydrogen) atoms. The number of ether oxygens (including phenoxy) is 1. The van der Waals surface area contributed by atoms with Crippen LogP contribution in [0.2, 0.25) is 0 Å².